The minimum absolute atomic E-state index is 0.00282. The summed E-state index contributed by atoms with van der Waals surface area (Å²) in [5, 5.41) is 3.22. The summed E-state index contributed by atoms with van der Waals surface area (Å²) >= 11 is 0. The average Bonchev–Trinajstić information content (AvgIpc) is 2.89. The van der Waals surface area contributed by atoms with Crippen LogP contribution >= 0.6 is 0 Å². The van der Waals surface area contributed by atoms with Crippen LogP contribution in [-0.2, 0) is 20.7 Å². The molecule has 1 unspecified atom stereocenters. The van der Waals surface area contributed by atoms with E-state index in [1.165, 1.54) is 7.11 Å². The zero-order chi connectivity index (χ0) is 14.7. The highest BCUT2D eigenvalue weighted by atomic mass is 16.5. The molecule has 5 heteroatoms. The average molecular weight is 276 g/mol. The molecule has 0 radical (unpaired) electrons. The van der Waals surface area contributed by atoms with E-state index in [1.807, 2.05) is 24.3 Å². The summed E-state index contributed by atoms with van der Waals surface area (Å²) in [5.41, 5.74) is 2.17. The molecule has 0 saturated carbocycles. The first-order chi connectivity index (χ1) is 9.52. The predicted octanol–water partition coefficient (Wildman–Crippen LogP) is 1.29. The maximum atomic E-state index is 12.4. The number of amides is 1. The van der Waals surface area contributed by atoms with Crippen LogP contribution < -0.4 is 5.32 Å². The maximum absolute atomic E-state index is 12.4. The Kier molecular flexibility index (Phi) is 4.27. The number of anilines is 1. The largest absolute Gasteiger partial charge is 0.469 e. The van der Waals surface area contributed by atoms with E-state index in [2.05, 4.69) is 10.1 Å². The number of methoxy groups -OCH3 is 1. The van der Waals surface area contributed by atoms with E-state index in [0.29, 0.717) is 13.0 Å². The Morgan fingerprint density at radius 3 is 2.80 bits per heavy atom. The monoisotopic (exact) mass is 276 g/mol. The Labute approximate surface area is 118 Å². The van der Waals surface area contributed by atoms with Crippen molar-refractivity contribution in [2.24, 2.45) is 5.92 Å². The highest BCUT2D eigenvalue weighted by Crippen LogP contribution is 2.25. The van der Waals surface area contributed by atoms with Crippen LogP contribution in [0.1, 0.15) is 12.5 Å². The number of fused-ring (bicyclic) bond motifs is 1. The number of benzene rings is 1. The van der Waals surface area contributed by atoms with Crippen molar-refractivity contribution in [1.29, 1.82) is 0 Å². The summed E-state index contributed by atoms with van der Waals surface area (Å²) in [4.78, 5) is 25.4. The first-order valence-electron chi connectivity index (χ1n) is 6.70. The van der Waals surface area contributed by atoms with Gasteiger partial charge in [0.05, 0.1) is 13.0 Å². The number of para-hydroxylation sites is 1. The van der Waals surface area contributed by atoms with E-state index in [1.54, 1.807) is 18.9 Å². The highest BCUT2D eigenvalue weighted by molar-refractivity contribution is 5.87. The Bertz CT molecular complexity index is 491. The van der Waals surface area contributed by atoms with E-state index < -0.39 is 0 Å². The van der Waals surface area contributed by atoms with Gasteiger partial charge in [-0.2, -0.15) is 0 Å². The lowest BCUT2D eigenvalue weighted by molar-refractivity contribution is -0.146. The van der Waals surface area contributed by atoms with Crippen molar-refractivity contribution in [1.82, 2.24) is 4.90 Å². The fourth-order valence-corrected chi connectivity index (χ4v) is 2.49. The van der Waals surface area contributed by atoms with E-state index in [9.17, 15) is 9.59 Å². The molecule has 0 aromatic heterocycles. The van der Waals surface area contributed by atoms with Crippen molar-refractivity contribution < 1.29 is 14.3 Å². The molecule has 1 N–H and O–H groups in total. The van der Waals surface area contributed by atoms with Gasteiger partial charge >= 0.3 is 5.97 Å². The first kappa shape index (κ1) is 14.4. The van der Waals surface area contributed by atoms with E-state index >= 15 is 0 Å². The molecule has 108 valence electrons. The Morgan fingerprint density at radius 1 is 1.45 bits per heavy atom. The third-order valence-corrected chi connectivity index (χ3v) is 3.60. The van der Waals surface area contributed by atoms with Crippen molar-refractivity contribution in [3.8, 4) is 0 Å². The summed E-state index contributed by atoms with van der Waals surface area (Å²) < 4.78 is 4.68. The van der Waals surface area contributed by atoms with Gasteiger partial charge in [0.1, 0.15) is 6.04 Å². The fraction of sp³-hybridized carbons (Fsp3) is 0.467. The van der Waals surface area contributed by atoms with Gasteiger partial charge in [0.2, 0.25) is 5.91 Å². The molecule has 0 fully saturated rings. The molecule has 2 rings (SSSR count). The molecule has 1 amide bonds. The van der Waals surface area contributed by atoms with Gasteiger partial charge < -0.3 is 15.0 Å². The molecule has 1 aromatic rings. The van der Waals surface area contributed by atoms with Crippen LogP contribution in [0.2, 0.25) is 0 Å². The third-order valence-electron chi connectivity index (χ3n) is 3.60. The second-order valence-corrected chi connectivity index (χ2v) is 5.20. The quantitative estimate of drug-likeness (QED) is 0.842. The molecule has 5 nitrogen and oxygen atoms in total. The summed E-state index contributed by atoms with van der Waals surface area (Å²) in [6, 6.07) is 7.66. The number of carbonyl (C=O) groups is 2. The van der Waals surface area contributed by atoms with Gasteiger partial charge in [-0.15, -0.1) is 0 Å². The summed E-state index contributed by atoms with van der Waals surface area (Å²) in [6.45, 7) is 2.12. The van der Waals surface area contributed by atoms with Crippen LogP contribution in [0.4, 0.5) is 5.69 Å². The fourth-order valence-electron chi connectivity index (χ4n) is 2.49. The van der Waals surface area contributed by atoms with Crippen LogP contribution in [0.15, 0.2) is 24.3 Å². The molecule has 0 bridgehead atoms. The molecule has 1 heterocycles. The number of rotatable bonds is 4. The molecule has 1 aliphatic heterocycles. The summed E-state index contributed by atoms with van der Waals surface area (Å²) in [6.07, 6.45) is 0.686. The first-order valence-corrected chi connectivity index (χ1v) is 6.70. The van der Waals surface area contributed by atoms with Gasteiger partial charge in [0.25, 0.3) is 0 Å². The van der Waals surface area contributed by atoms with Crippen molar-refractivity contribution in [3.05, 3.63) is 29.8 Å². The molecule has 0 aliphatic carbocycles. The van der Waals surface area contributed by atoms with Crippen molar-refractivity contribution >= 4 is 17.6 Å². The van der Waals surface area contributed by atoms with Crippen LogP contribution in [-0.4, -0.2) is 43.5 Å². The number of hydrogen-bond donors (Lipinski definition) is 1. The Morgan fingerprint density at radius 2 is 2.15 bits per heavy atom. The van der Waals surface area contributed by atoms with E-state index in [-0.39, 0.29) is 23.8 Å². The Balaban J connectivity index is 1.94. The zero-order valence-electron chi connectivity index (χ0n) is 12.1. The van der Waals surface area contributed by atoms with Gasteiger partial charge in [0, 0.05) is 25.7 Å². The molecule has 0 saturated heterocycles. The molecule has 20 heavy (non-hydrogen) atoms. The van der Waals surface area contributed by atoms with E-state index in [4.69, 9.17) is 0 Å². The van der Waals surface area contributed by atoms with E-state index in [0.717, 1.165) is 11.3 Å². The molecule has 1 aromatic carbocycles. The summed E-state index contributed by atoms with van der Waals surface area (Å²) in [7, 11) is 3.07. The van der Waals surface area contributed by atoms with Gasteiger partial charge in [0.15, 0.2) is 0 Å². The highest BCUT2D eigenvalue weighted by Gasteiger charge is 2.29. The smallest absolute Gasteiger partial charge is 0.310 e. The number of hydrogen-bond acceptors (Lipinski definition) is 4. The Hall–Kier alpha value is -2.04. The molecule has 2 atom stereocenters. The van der Waals surface area contributed by atoms with Crippen molar-refractivity contribution in [2.75, 3.05) is 26.0 Å². The van der Waals surface area contributed by atoms with Gasteiger partial charge in [-0.1, -0.05) is 25.1 Å². The van der Waals surface area contributed by atoms with Gasteiger partial charge in [-0.3, -0.25) is 9.59 Å². The van der Waals surface area contributed by atoms with Crippen LogP contribution in [0.25, 0.3) is 0 Å². The minimum Gasteiger partial charge on any atom is -0.469 e. The van der Waals surface area contributed by atoms with Crippen molar-refractivity contribution in [2.45, 2.75) is 19.4 Å². The normalized spacial score (nSPS) is 17.9. The predicted molar refractivity (Wildman–Crippen MR) is 76.4 cm³/mol. The molecular weight excluding hydrogens is 256 g/mol. The zero-order valence-corrected chi connectivity index (χ0v) is 12.1. The molecular formula is C15H20N2O3. The lowest BCUT2D eigenvalue weighted by atomic mass is 10.1. The van der Waals surface area contributed by atoms with Gasteiger partial charge in [-0.05, 0) is 11.6 Å². The number of carbonyl (C=O) groups excluding carboxylic acids is 2. The second-order valence-electron chi connectivity index (χ2n) is 5.20. The van der Waals surface area contributed by atoms with Crippen LogP contribution in [0, 0.1) is 5.92 Å². The lowest BCUT2D eigenvalue weighted by Crippen LogP contribution is -2.42. The second kappa shape index (κ2) is 5.94. The number of esters is 1. The number of ether oxygens (including phenoxy) is 1. The molecule has 0 spiro atoms. The van der Waals surface area contributed by atoms with Gasteiger partial charge in [-0.25, -0.2) is 0 Å². The lowest BCUT2D eigenvalue weighted by Gasteiger charge is -2.23. The minimum atomic E-state index is -0.322. The summed E-state index contributed by atoms with van der Waals surface area (Å²) in [5.74, 6) is -0.623. The molecule has 1 aliphatic rings. The number of nitrogens with one attached hydrogen (secondary N) is 1. The number of nitrogens with zero attached hydrogens (tertiary/aromatic N) is 1. The SMILES string of the molecule is COC(=O)C(C)CN(C)C(=O)[C@@H]1Cc2ccccc2N1. The number of likely N-dealkylation sites (N-methyl/N-ethyl adjacent to an activating group) is 1. The maximum Gasteiger partial charge on any atom is 0.310 e. The topological polar surface area (TPSA) is 58.6 Å². The standard InChI is InChI=1S/C15H20N2O3/c1-10(15(19)20-3)9-17(2)14(18)13-8-11-6-4-5-7-12(11)16-13/h4-7,10,13,16H,8-9H2,1-3H3/t10?,13-/m0/s1. The third kappa shape index (κ3) is 2.92. The van der Waals surface area contributed by atoms with Crippen molar-refractivity contribution in [3.63, 3.8) is 0 Å². The van der Waals surface area contributed by atoms with Crippen LogP contribution in [0.3, 0.4) is 0 Å². The van der Waals surface area contributed by atoms with Crippen LogP contribution in [0.5, 0.6) is 0 Å².